The largest absolute Gasteiger partial charge is 0.359 e. The highest BCUT2D eigenvalue weighted by atomic mass is 32.2. The maximum absolute atomic E-state index is 11.4. The Bertz CT molecular complexity index is 462. The van der Waals surface area contributed by atoms with Gasteiger partial charge in [0.15, 0.2) is 15.0 Å². The number of hydrogen-bond donors (Lipinski definition) is 1. The Labute approximate surface area is 93.7 Å². The van der Waals surface area contributed by atoms with E-state index < -0.39 is 9.84 Å². The molecule has 0 fully saturated rings. The molecule has 0 unspecified atom stereocenters. The van der Waals surface area contributed by atoms with Gasteiger partial charge in [0.2, 0.25) is 0 Å². The lowest BCUT2D eigenvalue weighted by Gasteiger charge is -2.08. The molecule has 0 bridgehead atoms. The van der Waals surface area contributed by atoms with Crippen molar-refractivity contribution in [2.24, 2.45) is 0 Å². The van der Waals surface area contributed by atoms with Gasteiger partial charge in [-0.05, 0) is 13.8 Å². The number of hydrogen-bond acceptors (Lipinski definition) is 5. The highest BCUT2D eigenvalue weighted by Gasteiger charge is 2.25. The van der Waals surface area contributed by atoms with Crippen LogP contribution >= 0.6 is 11.3 Å². The molecule has 0 radical (unpaired) electrons. The molecule has 84 valence electrons. The number of rotatable bonds is 2. The summed E-state index contributed by atoms with van der Waals surface area (Å²) in [6, 6.07) is 0.328. The van der Waals surface area contributed by atoms with Gasteiger partial charge in [0, 0.05) is 17.3 Å². The van der Waals surface area contributed by atoms with Gasteiger partial charge >= 0.3 is 0 Å². The fourth-order valence-electron chi connectivity index (χ4n) is 1.52. The van der Waals surface area contributed by atoms with Crippen molar-refractivity contribution in [2.45, 2.75) is 32.1 Å². The topological polar surface area (TPSA) is 59.1 Å². The molecule has 0 saturated heterocycles. The third-order valence-corrected chi connectivity index (χ3v) is 4.96. The van der Waals surface area contributed by atoms with Crippen molar-refractivity contribution in [1.82, 2.24) is 4.98 Å². The van der Waals surface area contributed by atoms with E-state index in [1.54, 1.807) is 0 Å². The molecule has 2 rings (SSSR count). The molecule has 1 aliphatic heterocycles. The smallest absolute Gasteiger partial charge is 0.183 e. The van der Waals surface area contributed by atoms with Crippen molar-refractivity contribution in [2.75, 3.05) is 11.1 Å². The molecule has 0 saturated carbocycles. The number of anilines is 1. The van der Waals surface area contributed by atoms with E-state index in [1.165, 1.54) is 11.3 Å². The molecule has 1 aromatic heterocycles. The molecule has 1 N–H and O–H groups in total. The summed E-state index contributed by atoms with van der Waals surface area (Å²) in [5.41, 5.74) is 0.956. The lowest BCUT2D eigenvalue weighted by Crippen LogP contribution is -2.17. The van der Waals surface area contributed by atoms with Crippen molar-refractivity contribution >= 4 is 26.3 Å². The van der Waals surface area contributed by atoms with Crippen LogP contribution in [0.25, 0.3) is 0 Å². The van der Waals surface area contributed by atoms with Gasteiger partial charge in [-0.25, -0.2) is 13.4 Å². The van der Waals surface area contributed by atoms with Crippen LogP contribution in [0.4, 0.5) is 5.13 Å². The number of thiazole rings is 1. The van der Waals surface area contributed by atoms with Crippen LogP contribution in [0.5, 0.6) is 0 Å². The maximum Gasteiger partial charge on any atom is 0.183 e. The first-order valence-electron chi connectivity index (χ1n) is 4.92. The van der Waals surface area contributed by atoms with Gasteiger partial charge in [-0.2, -0.15) is 0 Å². The monoisotopic (exact) mass is 246 g/mol. The lowest BCUT2D eigenvalue weighted by atomic mass is 10.3. The van der Waals surface area contributed by atoms with Crippen molar-refractivity contribution in [3.05, 3.63) is 10.6 Å². The van der Waals surface area contributed by atoms with Crippen LogP contribution in [0, 0.1) is 0 Å². The minimum absolute atomic E-state index is 0.166. The van der Waals surface area contributed by atoms with E-state index in [1.807, 2.05) is 13.8 Å². The number of nitrogens with zero attached hydrogens (tertiary/aromatic N) is 1. The predicted octanol–water partition coefficient (Wildman–Crippen LogP) is 1.43. The van der Waals surface area contributed by atoms with Gasteiger partial charge in [-0.3, -0.25) is 0 Å². The molecule has 4 nitrogen and oxygen atoms in total. The normalized spacial score (nSPS) is 18.9. The Morgan fingerprint density at radius 2 is 2.20 bits per heavy atom. The first-order chi connectivity index (χ1) is 6.96. The van der Waals surface area contributed by atoms with E-state index in [-0.39, 0.29) is 11.5 Å². The SMILES string of the molecule is CC(C)Nc1nc2c(s1)CS(=O)(=O)CC2. The van der Waals surface area contributed by atoms with E-state index >= 15 is 0 Å². The van der Waals surface area contributed by atoms with Gasteiger partial charge in [-0.1, -0.05) is 0 Å². The van der Waals surface area contributed by atoms with Gasteiger partial charge in [0.05, 0.1) is 17.2 Å². The third-order valence-electron chi connectivity index (χ3n) is 2.19. The lowest BCUT2D eigenvalue weighted by molar-refractivity contribution is 0.591. The standard InChI is InChI=1S/C9H14N2O2S2/c1-6(2)10-9-11-7-3-4-15(12,13)5-8(7)14-9/h6H,3-5H2,1-2H3,(H,10,11). The second-order valence-corrected chi connectivity index (χ2v) is 7.30. The summed E-state index contributed by atoms with van der Waals surface area (Å²) in [6.45, 7) is 4.08. The number of aromatic nitrogens is 1. The van der Waals surface area contributed by atoms with Crippen LogP contribution in [0.3, 0.4) is 0 Å². The van der Waals surface area contributed by atoms with E-state index in [0.717, 1.165) is 15.7 Å². The fourth-order valence-corrected chi connectivity index (χ4v) is 4.46. The summed E-state index contributed by atoms with van der Waals surface area (Å²) in [6.07, 6.45) is 0.563. The Balaban J connectivity index is 2.25. The second kappa shape index (κ2) is 3.75. The first-order valence-corrected chi connectivity index (χ1v) is 7.55. The zero-order valence-electron chi connectivity index (χ0n) is 8.78. The summed E-state index contributed by atoms with van der Waals surface area (Å²) in [7, 11) is -2.87. The molecule has 0 aliphatic carbocycles. The maximum atomic E-state index is 11.4. The minimum atomic E-state index is -2.87. The summed E-state index contributed by atoms with van der Waals surface area (Å²) in [5.74, 6) is 0.407. The van der Waals surface area contributed by atoms with Gasteiger partial charge < -0.3 is 5.32 Å². The van der Waals surface area contributed by atoms with Gasteiger partial charge in [0.1, 0.15) is 0 Å². The zero-order valence-corrected chi connectivity index (χ0v) is 10.4. The van der Waals surface area contributed by atoms with E-state index in [2.05, 4.69) is 10.3 Å². The van der Waals surface area contributed by atoms with Crippen LogP contribution in [-0.2, 0) is 22.0 Å². The van der Waals surface area contributed by atoms with E-state index in [0.29, 0.717) is 12.5 Å². The second-order valence-electron chi connectivity index (χ2n) is 4.03. The molecular formula is C9H14N2O2S2. The average Bonchev–Trinajstić information content (AvgIpc) is 2.42. The van der Waals surface area contributed by atoms with Crippen molar-refractivity contribution < 1.29 is 8.42 Å². The van der Waals surface area contributed by atoms with Gasteiger partial charge in [0.25, 0.3) is 0 Å². The third kappa shape index (κ3) is 2.49. The molecular weight excluding hydrogens is 232 g/mol. The Hall–Kier alpha value is -0.620. The van der Waals surface area contributed by atoms with Crippen molar-refractivity contribution in [3.8, 4) is 0 Å². The molecule has 1 aromatic rings. The number of nitrogens with one attached hydrogen (secondary N) is 1. The molecule has 0 aromatic carbocycles. The highest BCUT2D eigenvalue weighted by Crippen LogP contribution is 2.29. The summed E-state index contributed by atoms with van der Waals surface area (Å²) < 4.78 is 22.8. The Morgan fingerprint density at radius 1 is 1.47 bits per heavy atom. The summed E-state index contributed by atoms with van der Waals surface area (Å²) >= 11 is 1.46. The van der Waals surface area contributed by atoms with Crippen LogP contribution in [0.15, 0.2) is 0 Å². The van der Waals surface area contributed by atoms with Crippen molar-refractivity contribution in [3.63, 3.8) is 0 Å². The quantitative estimate of drug-likeness (QED) is 0.857. The van der Waals surface area contributed by atoms with Gasteiger partial charge in [-0.15, -0.1) is 11.3 Å². The van der Waals surface area contributed by atoms with Crippen molar-refractivity contribution in [1.29, 1.82) is 0 Å². The molecule has 0 spiro atoms. The predicted molar refractivity (Wildman–Crippen MR) is 62.1 cm³/mol. The van der Waals surface area contributed by atoms with Crippen LogP contribution in [0.1, 0.15) is 24.4 Å². The number of sulfone groups is 1. The molecule has 15 heavy (non-hydrogen) atoms. The highest BCUT2D eigenvalue weighted by molar-refractivity contribution is 7.90. The Morgan fingerprint density at radius 3 is 2.87 bits per heavy atom. The van der Waals surface area contributed by atoms with Crippen LogP contribution < -0.4 is 5.32 Å². The number of fused-ring (bicyclic) bond motifs is 1. The minimum Gasteiger partial charge on any atom is -0.359 e. The Kier molecular flexibility index (Phi) is 2.72. The fraction of sp³-hybridized carbons (Fsp3) is 0.667. The molecule has 1 aliphatic rings. The summed E-state index contributed by atoms with van der Waals surface area (Å²) in [4.78, 5) is 5.31. The van der Waals surface area contributed by atoms with Crippen LogP contribution in [-0.4, -0.2) is 25.2 Å². The summed E-state index contributed by atoms with van der Waals surface area (Å²) in [5, 5.41) is 4.04. The molecule has 6 heteroatoms. The first kappa shape index (κ1) is 10.9. The molecule has 2 heterocycles. The zero-order chi connectivity index (χ0) is 11.1. The van der Waals surface area contributed by atoms with E-state index in [4.69, 9.17) is 0 Å². The van der Waals surface area contributed by atoms with E-state index in [9.17, 15) is 8.42 Å². The average molecular weight is 246 g/mol. The molecule has 0 atom stereocenters. The van der Waals surface area contributed by atoms with Crippen LogP contribution in [0.2, 0.25) is 0 Å². The molecule has 0 amide bonds. The number of aryl methyl sites for hydroxylation is 1.